The molecule has 2 unspecified atom stereocenters. The minimum atomic E-state index is -2.28. The lowest BCUT2D eigenvalue weighted by Crippen LogP contribution is -2.20. The maximum absolute atomic E-state index is 12.4. The summed E-state index contributed by atoms with van der Waals surface area (Å²) in [5.41, 5.74) is 7.55. The second-order valence-corrected chi connectivity index (χ2v) is 5.13. The van der Waals surface area contributed by atoms with Crippen LogP contribution in [0, 0.1) is 5.92 Å². The van der Waals surface area contributed by atoms with Gasteiger partial charge in [-0.05, 0) is 37.1 Å². The standard InChI is InChI=1S/C14H20F2N2/c1-18-9-11(8-17)6-13(18)12-4-2-3-10(5-12)7-14(15)16/h2-5,11,13-14H,6-9,17H2,1H3. The molecule has 0 saturated carbocycles. The first-order valence-corrected chi connectivity index (χ1v) is 6.37. The van der Waals surface area contributed by atoms with Gasteiger partial charge in [0.1, 0.15) is 0 Å². The van der Waals surface area contributed by atoms with Crippen LogP contribution < -0.4 is 5.73 Å². The highest BCUT2D eigenvalue weighted by molar-refractivity contribution is 5.27. The summed E-state index contributed by atoms with van der Waals surface area (Å²) in [6, 6.07) is 7.89. The predicted molar refractivity (Wildman–Crippen MR) is 68.7 cm³/mol. The van der Waals surface area contributed by atoms with E-state index in [9.17, 15) is 8.78 Å². The molecule has 0 spiro atoms. The third-order valence-electron chi connectivity index (χ3n) is 3.69. The number of hydrogen-bond acceptors (Lipinski definition) is 2. The van der Waals surface area contributed by atoms with Crippen LogP contribution in [0.15, 0.2) is 24.3 Å². The predicted octanol–water partition coefficient (Wildman–Crippen LogP) is 2.45. The van der Waals surface area contributed by atoms with Crippen LogP contribution in [0.4, 0.5) is 8.78 Å². The molecule has 1 saturated heterocycles. The molecule has 1 aliphatic heterocycles. The molecular weight excluding hydrogens is 234 g/mol. The first-order valence-electron chi connectivity index (χ1n) is 6.37. The number of likely N-dealkylation sites (tertiary alicyclic amines) is 1. The monoisotopic (exact) mass is 254 g/mol. The summed E-state index contributed by atoms with van der Waals surface area (Å²) in [6.07, 6.45) is -1.42. The molecule has 1 aromatic carbocycles. The highest BCUT2D eigenvalue weighted by Gasteiger charge is 2.29. The van der Waals surface area contributed by atoms with Crippen molar-refractivity contribution in [1.29, 1.82) is 0 Å². The van der Waals surface area contributed by atoms with Gasteiger partial charge in [0, 0.05) is 19.0 Å². The smallest absolute Gasteiger partial charge is 0.242 e. The number of nitrogens with zero attached hydrogens (tertiary/aromatic N) is 1. The summed E-state index contributed by atoms with van der Waals surface area (Å²) >= 11 is 0. The quantitative estimate of drug-likeness (QED) is 0.894. The molecule has 2 atom stereocenters. The van der Waals surface area contributed by atoms with E-state index < -0.39 is 6.43 Å². The van der Waals surface area contributed by atoms with Crippen LogP contribution in [0.3, 0.4) is 0 Å². The molecule has 0 aromatic heterocycles. The molecule has 0 amide bonds. The summed E-state index contributed by atoms with van der Waals surface area (Å²) in [5.74, 6) is 0.513. The molecule has 0 bridgehead atoms. The Morgan fingerprint density at radius 2 is 2.22 bits per heavy atom. The summed E-state index contributed by atoms with van der Waals surface area (Å²) in [5, 5.41) is 0. The average molecular weight is 254 g/mol. The fraction of sp³-hybridized carbons (Fsp3) is 0.571. The molecule has 2 nitrogen and oxygen atoms in total. The normalized spacial score (nSPS) is 24.9. The Morgan fingerprint density at radius 1 is 1.44 bits per heavy atom. The zero-order valence-corrected chi connectivity index (χ0v) is 10.7. The van der Waals surface area contributed by atoms with Crippen molar-refractivity contribution < 1.29 is 8.78 Å². The average Bonchev–Trinajstić information content (AvgIpc) is 2.70. The molecule has 0 aliphatic carbocycles. The lowest BCUT2D eigenvalue weighted by atomic mass is 9.98. The molecule has 1 heterocycles. The number of benzene rings is 1. The number of hydrogen-bond donors (Lipinski definition) is 1. The number of nitrogens with two attached hydrogens (primary N) is 1. The van der Waals surface area contributed by atoms with Gasteiger partial charge < -0.3 is 5.73 Å². The van der Waals surface area contributed by atoms with Gasteiger partial charge in [-0.2, -0.15) is 0 Å². The Kier molecular flexibility index (Phi) is 4.30. The van der Waals surface area contributed by atoms with Crippen molar-refractivity contribution in [2.24, 2.45) is 11.7 Å². The van der Waals surface area contributed by atoms with Gasteiger partial charge in [-0.1, -0.05) is 24.3 Å². The van der Waals surface area contributed by atoms with Crippen molar-refractivity contribution in [2.45, 2.75) is 25.3 Å². The summed E-state index contributed by atoms with van der Waals surface area (Å²) in [4.78, 5) is 2.26. The minimum absolute atomic E-state index is 0.162. The summed E-state index contributed by atoms with van der Waals surface area (Å²) in [6.45, 7) is 1.68. The van der Waals surface area contributed by atoms with Gasteiger partial charge in [0.15, 0.2) is 0 Å². The Labute approximate surface area is 107 Å². The van der Waals surface area contributed by atoms with Gasteiger partial charge in [-0.3, -0.25) is 4.90 Å². The zero-order valence-electron chi connectivity index (χ0n) is 10.7. The fourth-order valence-electron chi connectivity index (χ4n) is 2.77. The van der Waals surface area contributed by atoms with Gasteiger partial charge in [0.2, 0.25) is 6.43 Å². The van der Waals surface area contributed by atoms with Crippen LogP contribution in [-0.4, -0.2) is 31.5 Å². The second-order valence-electron chi connectivity index (χ2n) is 5.13. The number of rotatable bonds is 4. The van der Waals surface area contributed by atoms with E-state index in [2.05, 4.69) is 11.9 Å². The van der Waals surface area contributed by atoms with Crippen molar-refractivity contribution in [1.82, 2.24) is 4.90 Å². The van der Waals surface area contributed by atoms with E-state index in [0.29, 0.717) is 24.1 Å². The van der Waals surface area contributed by atoms with Gasteiger partial charge >= 0.3 is 0 Å². The van der Waals surface area contributed by atoms with Crippen molar-refractivity contribution >= 4 is 0 Å². The van der Waals surface area contributed by atoms with Crippen LogP contribution in [0.2, 0.25) is 0 Å². The zero-order chi connectivity index (χ0) is 13.1. The van der Waals surface area contributed by atoms with Crippen LogP contribution in [0.25, 0.3) is 0 Å². The molecule has 4 heteroatoms. The molecule has 18 heavy (non-hydrogen) atoms. The van der Waals surface area contributed by atoms with E-state index in [0.717, 1.165) is 18.5 Å². The second kappa shape index (κ2) is 5.76. The molecular formula is C14H20F2N2. The fourth-order valence-corrected chi connectivity index (χ4v) is 2.77. The van der Waals surface area contributed by atoms with Crippen molar-refractivity contribution in [3.05, 3.63) is 35.4 Å². The molecule has 1 aliphatic rings. The van der Waals surface area contributed by atoms with Crippen molar-refractivity contribution in [3.8, 4) is 0 Å². The van der Waals surface area contributed by atoms with Crippen LogP contribution >= 0.6 is 0 Å². The Morgan fingerprint density at radius 3 is 2.83 bits per heavy atom. The maximum atomic E-state index is 12.4. The topological polar surface area (TPSA) is 29.3 Å². The summed E-state index contributed by atoms with van der Waals surface area (Å²) in [7, 11) is 2.07. The molecule has 2 N–H and O–H groups in total. The van der Waals surface area contributed by atoms with E-state index in [1.165, 1.54) is 0 Å². The SMILES string of the molecule is CN1CC(CN)CC1c1cccc(CC(F)F)c1. The van der Waals surface area contributed by atoms with E-state index in [-0.39, 0.29) is 6.42 Å². The molecule has 0 radical (unpaired) electrons. The largest absolute Gasteiger partial charge is 0.330 e. The molecule has 2 rings (SSSR count). The minimum Gasteiger partial charge on any atom is -0.330 e. The number of alkyl halides is 2. The van der Waals surface area contributed by atoms with E-state index >= 15 is 0 Å². The van der Waals surface area contributed by atoms with Gasteiger partial charge in [0.05, 0.1) is 0 Å². The van der Waals surface area contributed by atoms with E-state index in [4.69, 9.17) is 5.73 Å². The van der Waals surface area contributed by atoms with Gasteiger partial charge in [-0.15, -0.1) is 0 Å². The van der Waals surface area contributed by atoms with Gasteiger partial charge in [0.25, 0.3) is 0 Å². The van der Waals surface area contributed by atoms with Crippen LogP contribution in [0.1, 0.15) is 23.6 Å². The molecule has 1 fully saturated rings. The van der Waals surface area contributed by atoms with Crippen LogP contribution in [-0.2, 0) is 6.42 Å². The third kappa shape index (κ3) is 3.06. The van der Waals surface area contributed by atoms with Gasteiger partial charge in [-0.25, -0.2) is 8.78 Å². The Bertz CT molecular complexity index is 395. The first-order chi connectivity index (χ1) is 8.60. The van der Waals surface area contributed by atoms with Crippen LogP contribution in [0.5, 0.6) is 0 Å². The summed E-state index contributed by atoms with van der Waals surface area (Å²) < 4.78 is 24.8. The first kappa shape index (κ1) is 13.4. The van der Waals surface area contributed by atoms with Crippen molar-refractivity contribution in [2.75, 3.05) is 20.1 Å². The Balaban J connectivity index is 2.13. The highest BCUT2D eigenvalue weighted by atomic mass is 19.3. The maximum Gasteiger partial charge on any atom is 0.242 e. The van der Waals surface area contributed by atoms with E-state index in [1.54, 1.807) is 6.07 Å². The lowest BCUT2D eigenvalue weighted by Gasteiger charge is -2.20. The Hall–Kier alpha value is -1.00. The molecule has 100 valence electrons. The highest BCUT2D eigenvalue weighted by Crippen LogP contribution is 2.34. The number of halogens is 2. The molecule has 1 aromatic rings. The third-order valence-corrected chi connectivity index (χ3v) is 3.69. The van der Waals surface area contributed by atoms with E-state index in [1.807, 2.05) is 18.2 Å². The lowest BCUT2D eigenvalue weighted by molar-refractivity contribution is 0.149. The van der Waals surface area contributed by atoms with Crippen molar-refractivity contribution in [3.63, 3.8) is 0 Å².